The summed E-state index contributed by atoms with van der Waals surface area (Å²) in [6.45, 7) is 2.95. The SMILES string of the molecule is CC[C@@H](N)c1ccc(N2CCC(C(F)(F)F)CC2)cc1. The molecule has 2 rings (SSSR count). The van der Waals surface area contributed by atoms with E-state index in [1.54, 1.807) is 0 Å². The summed E-state index contributed by atoms with van der Waals surface area (Å²) in [4.78, 5) is 2.02. The first kappa shape index (κ1) is 15.2. The minimum absolute atomic E-state index is 0.0278. The number of hydrogen-bond acceptors (Lipinski definition) is 2. The predicted octanol–water partition coefficient (Wildman–Crippen LogP) is 3.88. The molecule has 0 spiro atoms. The van der Waals surface area contributed by atoms with Crippen LogP contribution in [0.15, 0.2) is 24.3 Å². The van der Waals surface area contributed by atoms with Crippen molar-refractivity contribution in [3.05, 3.63) is 29.8 Å². The van der Waals surface area contributed by atoms with E-state index in [2.05, 4.69) is 0 Å². The monoisotopic (exact) mass is 286 g/mol. The van der Waals surface area contributed by atoms with Crippen LogP contribution in [0, 0.1) is 5.92 Å². The van der Waals surface area contributed by atoms with Crippen molar-refractivity contribution >= 4 is 5.69 Å². The van der Waals surface area contributed by atoms with Gasteiger partial charge in [-0.2, -0.15) is 13.2 Å². The molecule has 1 heterocycles. The number of benzene rings is 1. The highest BCUT2D eigenvalue weighted by molar-refractivity contribution is 5.48. The Labute approximate surface area is 117 Å². The number of alkyl halides is 3. The maximum absolute atomic E-state index is 12.6. The summed E-state index contributed by atoms with van der Waals surface area (Å²) >= 11 is 0. The molecule has 0 aromatic heterocycles. The van der Waals surface area contributed by atoms with E-state index in [0.29, 0.717) is 13.1 Å². The Kier molecular flexibility index (Phi) is 4.58. The van der Waals surface area contributed by atoms with Gasteiger partial charge < -0.3 is 10.6 Å². The molecule has 1 aliphatic rings. The highest BCUT2D eigenvalue weighted by Crippen LogP contribution is 2.35. The van der Waals surface area contributed by atoms with E-state index in [1.807, 2.05) is 36.1 Å². The lowest BCUT2D eigenvalue weighted by Crippen LogP contribution is -2.39. The lowest BCUT2D eigenvalue weighted by molar-refractivity contribution is -0.179. The van der Waals surface area contributed by atoms with Crippen LogP contribution in [0.1, 0.15) is 37.8 Å². The van der Waals surface area contributed by atoms with Gasteiger partial charge in [0.1, 0.15) is 0 Å². The second kappa shape index (κ2) is 6.04. The number of nitrogens with two attached hydrogens (primary N) is 1. The first-order valence-electron chi connectivity index (χ1n) is 7.09. The van der Waals surface area contributed by atoms with Crippen molar-refractivity contribution in [2.45, 2.75) is 38.4 Å². The molecule has 0 unspecified atom stereocenters. The maximum atomic E-state index is 12.6. The number of nitrogens with zero attached hydrogens (tertiary/aromatic N) is 1. The van der Waals surface area contributed by atoms with Gasteiger partial charge in [-0.05, 0) is 37.0 Å². The molecule has 1 aromatic carbocycles. The van der Waals surface area contributed by atoms with Gasteiger partial charge in [-0.15, -0.1) is 0 Å². The van der Waals surface area contributed by atoms with Crippen LogP contribution in [0.2, 0.25) is 0 Å². The standard InChI is InChI=1S/C15H21F3N2/c1-2-14(19)11-3-5-13(6-4-11)20-9-7-12(8-10-20)15(16,17)18/h3-6,12,14H,2,7-10,19H2,1H3/t14-/m1/s1. The van der Waals surface area contributed by atoms with Gasteiger partial charge in [0.25, 0.3) is 0 Å². The quantitative estimate of drug-likeness (QED) is 0.913. The van der Waals surface area contributed by atoms with Crippen LogP contribution in [0.5, 0.6) is 0 Å². The fourth-order valence-electron chi connectivity index (χ4n) is 2.63. The molecule has 5 heteroatoms. The number of hydrogen-bond donors (Lipinski definition) is 1. The third-order valence-corrected chi connectivity index (χ3v) is 4.08. The van der Waals surface area contributed by atoms with E-state index in [9.17, 15) is 13.2 Å². The Bertz CT molecular complexity index is 420. The van der Waals surface area contributed by atoms with Gasteiger partial charge in [-0.25, -0.2) is 0 Å². The van der Waals surface area contributed by atoms with E-state index >= 15 is 0 Å². The van der Waals surface area contributed by atoms with Crippen molar-refractivity contribution in [2.24, 2.45) is 11.7 Å². The van der Waals surface area contributed by atoms with Crippen LogP contribution in [-0.2, 0) is 0 Å². The zero-order valence-corrected chi connectivity index (χ0v) is 11.7. The molecule has 2 nitrogen and oxygen atoms in total. The third-order valence-electron chi connectivity index (χ3n) is 4.08. The first-order chi connectivity index (χ1) is 9.41. The smallest absolute Gasteiger partial charge is 0.372 e. The Morgan fingerprint density at radius 1 is 1.20 bits per heavy atom. The molecular weight excluding hydrogens is 265 g/mol. The molecule has 0 saturated carbocycles. The first-order valence-corrected chi connectivity index (χ1v) is 7.09. The van der Waals surface area contributed by atoms with Crippen LogP contribution in [-0.4, -0.2) is 19.3 Å². The van der Waals surface area contributed by atoms with Crippen molar-refractivity contribution in [3.8, 4) is 0 Å². The Morgan fingerprint density at radius 2 is 1.75 bits per heavy atom. The van der Waals surface area contributed by atoms with Crippen LogP contribution in [0.4, 0.5) is 18.9 Å². The van der Waals surface area contributed by atoms with Crippen LogP contribution < -0.4 is 10.6 Å². The second-order valence-electron chi connectivity index (χ2n) is 5.41. The lowest BCUT2D eigenvalue weighted by Gasteiger charge is -2.34. The molecule has 1 fully saturated rings. The van der Waals surface area contributed by atoms with Gasteiger partial charge in [0.05, 0.1) is 5.92 Å². The van der Waals surface area contributed by atoms with Gasteiger partial charge in [0.15, 0.2) is 0 Å². The van der Waals surface area contributed by atoms with E-state index < -0.39 is 12.1 Å². The molecule has 20 heavy (non-hydrogen) atoms. The molecular formula is C15H21F3N2. The number of piperidine rings is 1. The zero-order chi connectivity index (χ0) is 14.8. The summed E-state index contributed by atoms with van der Waals surface area (Å²) in [5.74, 6) is -1.15. The highest BCUT2D eigenvalue weighted by atomic mass is 19.4. The molecule has 1 aliphatic heterocycles. The van der Waals surface area contributed by atoms with Crippen molar-refractivity contribution in [3.63, 3.8) is 0 Å². The number of halogens is 3. The van der Waals surface area contributed by atoms with Crippen molar-refractivity contribution in [2.75, 3.05) is 18.0 Å². The van der Waals surface area contributed by atoms with Crippen LogP contribution in [0.3, 0.4) is 0 Å². The largest absolute Gasteiger partial charge is 0.391 e. The average molecular weight is 286 g/mol. The molecule has 0 aliphatic carbocycles. The van der Waals surface area contributed by atoms with Crippen molar-refractivity contribution < 1.29 is 13.2 Å². The zero-order valence-electron chi connectivity index (χ0n) is 11.7. The fraction of sp³-hybridized carbons (Fsp3) is 0.600. The minimum Gasteiger partial charge on any atom is -0.372 e. The second-order valence-corrected chi connectivity index (χ2v) is 5.41. The molecule has 0 radical (unpaired) electrons. The minimum atomic E-state index is -4.05. The van der Waals surface area contributed by atoms with E-state index in [4.69, 9.17) is 5.73 Å². The average Bonchev–Trinajstić information content (AvgIpc) is 2.46. The summed E-state index contributed by atoms with van der Waals surface area (Å²) in [5.41, 5.74) is 8.00. The molecule has 1 aromatic rings. The predicted molar refractivity (Wildman–Crippen MR) is 74.7 cm³/mol. The number of anilines is 1. The van der Waals surface area contributed by atoms with Gasteiger partial charge in [0, 0.05) is 24.8 Å². The molecule has 1 atom stereocenters. The van der Waals surface area contributed by atoms with Crippen molar-refractivity contribution in [1.29, 1.82) is 0 Å². The van der Waals surface area contributed by atoms with Gasteiger partial charge in [-0.3, -0.25) is 0 Å². The summed E-state index contributed by atoms with van der Waals surface area (Å²) in [6.07, 6.45) is -2.82. The van der Waals surface area contributed by atoms with Gasteiger partial charge in [0.2, 0.25) is 0 Å². The normalized spacial score (nSPS) is 19.1. The summed E-state index contributed by atoms with van der Waals surface area (Å²) in [7, 11) is 0. The van der Waals surface area contributed by atoms with Crippen LogP contribution in [0.25, 0.3) is 0 Å². The summed E-state index contributed by atoms with van der Waals surface area (Å²) in [6, 6.07) is 7.89. The molecule has 1 saturated heterocycles. The molecule has 0 amide bonds. The van der Waals surface area contributed by atoms with E-state index in [-0.39, 0.29) is 18.9 Å². The van der Waals surface area contributed by atoms with E-state index in [1.165, 1.54) is 0 Å². The Hall–Kier alpha value is -1.23. The van der Waals surface area contributed by atoms with Crippen molar-refractivity contribution in [1.82, 2.24) is 0 Å². The Morgan fingerprint density at radius 3 is 2.20 bits per heavy atom. The number of rotatable bonds is 3. The molecule has 2 N–H and O–H groups in total. The van der Waals surface area contributed by atoms with Crippen LogP contribution >= 0.6 is 0 Å². The lowest BCUT2D eigenvalue weighted by atomic mass is 9.95. The Balaban J connectivity index is 1.97. The molecule has 0 bridgehead atoms. The fourth-order valence-corrected chi connectivity index (χ4v) is 2.63. The topological polar surface area (TPSA) is 29.3 Å². The highest BCUT2D eigenvalue weighted by Gasteiger charge is 2.41. The third kappa shape index (κ3) is 3.45. The summed E-state index contributed by atoms with van der Waals surface area (Å²) in [5, 5.41) is 0. The van der Waals surface area contributed by atoms with E-state index in [0.717, 1.165) is 17.7 Å². The maximum Gasteiger partial charge on any atom is 0.391 e. The van der Waals surface area contributed by atoms with Gasteiger partial charge in [-0.1, -0.05) is 19.1 Å². The summed E-state index contributed by atoms with van der Waals surface area (Å²) < 4.78 is 37.9. The van der Waals surface area contributed by atoms with Gasteiger partial charge >= 0.3 is 6.18 Å². The molecule has 112 valence electrons.